The third-order valence-electron chi connectivity index (χ3n) is 1.84. The van der Waals surface area contributed by atoms with Crippen LogP contribution in [0.1, 0.15) is 0 Å². The lowest BCUT2D eigenvalue weighted by Crippen LogP contribution is -2.42. The number of rotatable bonds is 0. The van der Waals surface area contributed by atoms with Crippen LogP contribution in [-0.2, 0) is 0 Å². The molecule has 1 heterocycles. The van der Waals surface area contributed by atoms with Gasteiger partial charge in [0, 0.05) is 26.2 Å². The molecule has 1 rings (SSSR count). The van der Waals surface area contributed by atoms with Crippen LogP contribution in [0.25, 0.3) is 0 Å². The Hall–Kier alpha value is -1.01. The molecule has 1 aliphatic rings. The predicted octanol–water partition coefficient (Wildman–Crippen LogP) is -0.0403. The Morgan fingerprint density at radius 2 is 1.46 bits per heavy atom. The highest BCUT2D eigenvalue weighted by Crippen LogP contribution is 1.93. The standard InChI is InChI=1S/C6H14N2.CH3N3O/c1-7-3-5-8(2)6-4-7;2-1(5)4-3/h3-6H2,1-2H3;3H,(H2,2,5). The van der Waals surface area contributed by atoms with E-state index >= 15 is 0 Å². The topological polar surface area (TPSA) is 85.8 Å². The van der Waals surface area contributed by atoms with Gasteiger partial charge in [-0.15, -0.1) is 0 Å². The normalized spacial score (nSPS) is 18.6. The van der Waals surface area contributed by atoms with E-state index < -0.39 is 6.03 Å². The second-order valence-corrected chi connectivity index (χ2v) is 3.06. The first-order chi connectivity index (χ1) is 6.06. The molecule has 6 heteroatoms. The molecule has 0 atom stereocenters. The van der Waals surface area contributed by atoms with Gasteiger partial charge in [0.25, 0.3) is 0 Å². The maximum absolute atomic E-state index is 9.24. The van der Waals surface area contributed by atoms with Crippen molar-refractivity contribution in [3.05, 3.63) is 0 Å². The second-order valence-electron chi connectivity index (χ2n) is 3.06. The Labute approximate surface area is 78.2 Å². The molecule has 0 radical (unpaired) electrons. The third-order valence-corrected chi connectivity index (χ3v) is 1.84. The number of hydrogen-bond donors (Lipinski definition) is 2. The van der Waals surface area contributed by atoms with Crippen LogP contribution in [0.4, 0.5) is 4.79 Å². The van der Waals surface area contributed by atoms with Crippen molar-refractivity contribution in [3.8, 4) is 0 Å². The Morgan fingerprint density at radius 1 is 1.23 bits per heavy atom. The molecule has 0 aromatic rings. The monoisotopic (exact) mass is 187 g/mol. The Bertz CT molecular complexity index is 154. The summed E-state index contributed by atoms with van der Waals surface area (Å²) in [6, 6.07) is -0.954. The van der Waals surface area contributed by atoms with Gasteiger partial charge in [0.1, 0.15) is 0 Å². The first-order valence-electron chi connectivity index (χ1n) is 4.10. The van der Waals surface area contributed by atoms with E-state index in [1.54, 1.807) is 0 Å². The summed E-state index contributed by atoms with van der Waals surface area (Å²) in [5, 5.41) is 2.28. The molecule has 76 valence electrons. The van der Waals surface area contributed by atoms with Crippen molar-refractivity contribution in [2.24, 2.45) is 10.8 Å². The number of likely N-dealkylation sites (N-methyl/N-ethyl adjacent to an activating group) is 2. The lowest BCUT2D eigenvalue weighted by Gasteiger charge is -2.28. The summed E-state index contributed by atoms with van der Waals surface area (Å²) in [4.78, 5) is 14.0. The highest BCUT2D eigenvalue weighted by atomic mass is 16.2. The fourth-order valence-electron chi connectivity index (χ4n) is 0.906. The summed E-state index contributed by atoms with van der Waals surface area (Å²) >= 11 is 0. The number of piperazine rings is 1. The van der Waals surface area contributed by atoms with Gasteiger partial charge < -0.3 is 15.5 Å². The van der Waals surface area contributed by atoms with Crippen LogP contribution in [0, 0.1) is 5.53 Å². The third kappa shape index (κ3) is 7.35. The van der Waals surface area contributed by atoms with Crippen molar-refractivity contribution in [1.29, 1.82) is 5.53 Å². The average molecular weight is 187 g/mol. The molecule has 13 heavy (non-hydrogen) atoms. The van der Waals surface area contributed by atoms with Gasteiger partial charge in [-0.2, -0.15) is 5.53 Å². The smallest absolute Gasteiger partial charge is 0.348 e. The molecular weight excluding hydrogens is 170 g/mol. The number of carbonyl (C=O) groups excluding carboxylic acids is 1. The number of primary amides is 1. The quantitative estimate of drug-likeness (QED) is 0.522. The number of nitrogens with two attached hydrogens (primary N) is 1. The highest BCUT2D eigenvalue weighted by molar-refractivity contribution is 5.71. The van der Waals surface area contributed by atoms with Crippen LogP contribution in [0.15, 0.2) is 5.11 Å². The predicted molar refractivity (Wildman–Crippen MR) is 49.7 cm³/mol. The first kappa shape index (κ1) is 12.0. The van der Waals surface area contributed by atoms with Crippen LogP contribution in [0.3, 0.4) is 0 Å². The lowest BCUT2D eigenvalue weighted by molar-refractivity contribution is 0.181. The number of nitrogens with one attached hydrogen (secondary N) is 1. The molecule has 0 aromatic heterocycles. The molecule has 0 aliphatic carbocycles. The van der Waals surface area contributed by atoms with E-state index in [1.165, 1.54) is 26.2 Å². The molecule has 6 nitrogen and oxygen atoms in total. The van der Waals surface area contributed by atoms with Crippen LogP contribution in [0.2, 0.25) is 0 Å². The van der Waals surface area contributed by atoms with Crippen molar-refractivity contribution in [2.75, 3.05) is 40.3 Å². The molecule has 1 saturated heterocycles. The minimum atomic E-state index is -0.954. The van der Waals surface area contributed by atoms with Gasteiger partial charge in [-0.1, -0.05) is 5.11 Å². The summed E-state index contributed by atoms with van der Waals surface area (Å²) in [6.45, 7) is 4.93. The molecular formula is C7H17N5O. The van der Waals surface area contributed by atoms with Crippen molar-refractivity contribution in [2.45, 2.75) is 0 Å². The van der Waals surface area contributed by atoms with Crippen LogP contribution in [-0.4, -0.2) is 56.1 Å². The zero-order valence-electron chi connectivity index (χ0n) is 8.16. The Morgan fingerprint density at radius 3 is 1.62 bits per heavy atom. The van der Waals surface area contributed by atoms with E-state index in [1.807, 2.05) is 0 Å². The summed E-state index contributed by atoms with van der Waals surface area (Å²) in [7, 11) is 4.35. The molecule has 1 aliphatic heterocycles. The highest BCUT2D eigenvalue weighted by Gasteiger charge is 2.07. The lowest BCUT2D eigenvalue weighted by atomic mass is 10.4. The molecule has 0 unspecified atom stereocenters. The van der Waals surface area contributed by atoms with E-state index in [0.29, 0.717) is 0 Å². The second kappa shape index (κ2) is 6.50. The zero-order valence-corrected chi connectivity index (χ0v) is 8.16. The summed E-state index contributed by atoms with van der Waals surface area (Å²) in [5.74, 6) is 0. The van der Waals surface area contributed by atoms with Crippen molar-refractivity contribution >= 4 is 6.03 Å². The van der Waals surface area contributed by atoms with Gasteiger partial charge in [0.05, 0.1) is 0 Å². The summed E-state index contributed by atoms with van der Waals surface area (Å²) in [5.41, 5.74) is 10.1. The number of urea groups is 1. The van der Waals surface area contributed by atoms with E-state index in [0.717, 1.165) is 0 Å². The average Bonchev–Trinajstić information content (AvgIpc) is 2.11. The molecule has 1 fully saturated rings. The van der Waals surface area contributed by atoms with Gasteiger partial charge in [-0.05, 0) is 14.1 Å². The zero-order chi connectivity index (χ0) is 10.3. The number of carbonyl (C=O) groups is 1. The molecule has 2 amide bonds. The van der Waals surface area contributed by atoms with Gasteiger partial charge in [0.2, 0.25) is 0 Å². The molecule has 0 aromatic carbocycles. The fourth-order valence-corrected chi connectivity index (χ4v) is 0.906. The van der Waals surface area contributed by atoms with Crippen molar-refractivity contribution in [3.63, 3.8) is 0 Å². The van der Waals surface area contributed by atoms with Crippen molar-refractivity contribution in [1.82, 2.24) is 9.80 Å². The molecule has 0 saturated carbocycles. The van der Waals surface area contributed by atoms with Gasteiger partial charge in [-0.25, -0.2) is 4.79 Å². The molecule has 0 bridgehead atoms. The van der Waals surface area contributed by atoms with Gasteiger partial charge in [-0.3, -0.25) is 0 Å². The first-order valence-corrected chi connectivity index (χ1v) is 4.10. The fraction of sp³-hybridized carbons (Fsp3) is 0.857. The molecule has 3 N–H and O–H groups in total. The number of nitrogens with zero attached hydrogens (tertiary/aromatic N) is 3. The maximum Gasteiger partial charge on any atom is 0.356 e. The van der Waals surface area contributed by atoms with E-state index in [2.05, 4.69) is 34.7 Å². The van der Waals surface area contributed by atoms with Crippen LogP contribution < -0.4 is 5.73 Å². The summed E-state index contributed by atoms with van der Waals surface area (Å²) in [6.07, 6.45) is 0. The van der Waals surface area contributed by atoms with Gasteiger partial charge >= 0.3 is 6.03 Å². The minimum absolute atomic E-state index is 0.954. The number of hydrogen-bond acceptors (Lipinski definition) is 4. The minimum Gasteiger partial charge on any atom is -0.348 e. The SMILES string of the molecule is CN1CCN(C)CC1.N=NC(N)=O. The largest absolute Gasteiger partial charge is 0.356 e. The summed E-state index contributed by atoms with van der Waals surface area (Å²) < 4.78 is 0. The maximum atomic E-state index is 9.24. The van der Waals surface area contributed by atoms with Gasteiger partial charge in [0.15, 0.2) is 0 Å². The Balaban J connectivity index is 0.000000252. The van der Waals surface area contributed by atoms with Crippen LogP contribution >= 0.6 is 0 Å². The van der Waals surface area contributed by atoms with Crippen molar-refractivity contribution < 1.29 is 4.79 Å². The van der Waals surface area contributed by atoms with E-state index in [4.69, 9.17) is 5.53 Å². The van der Waals surface area contributed by atoms with Crippen LogP contribution in [0.5, 0.6) is 0 Å². The molecule has 0 spiro atoms. The van der Waals surface area contributed by atoms with E-state index in [-0.39, 0.29) is 0 Å². The van der Waals surface area contributed by atoms with E-state index in [9.17, 15) is 4.79 Å². The number of amides is 2. The Kier molecular flexibility index (Phi) is 5.99.